The normalized spacial score (nSPS) is 11.9. The molecule has 1 atom stereocenters. The molecule has 38 heavy (non-hydrogen) atoms. The summed E-state index contributed by atoms with van der Waals surface area (Å²) in [5.74, 6) is -1.91. The summed E-state index contributed by atoms with van der Waals surface area (Å²) in [6.45, 7) is 0. The van der Waals surface area contributed by atoms with E-state index in [0.29, 0.717) is 17.4 Å². The Morgan fingerprint density at radius 3 is 1.89 bits per heavy atom. The molecule has 3 aromatic rings. The number of carbonyl (C=O) groups is 2. The highest BCUT2D eigenvalue weighted by Gasteiger charge is 2.26. The first-order chi connectivity index (χ1) is 17.7. The molecule has 12 nitrogen and oxygen atoms in total. The third kappa shape index (κ3) is 10.1. The maximum atomic E-state index is 12.7. The van der Waals surface area contributed by atoms with Gasteiger partial charge < -0.3 is 15.6 Å². The van der Waals surface area contributed by atoms with Crippen LogP contribution in [0.15, 0.2) is 83.8 Å². The molecule has 3 rings (SSSR count). The van der Waals surface area contributed by atoms with Gasteiger partial charge in [0.25, 0.3) is 10.1 Å². The molecule has 202 valence electrons. The second-order valence-electron chi connectivity index (χ2n) is 7.79. The SMILES string of the molecule is CS(=O)(=O)O.N=C(N)c1ccc(OC(=O)c2ccc(S(=O)(=O)N[C@@H](Cc3ccccc3)C(=O)O)cc2)cc1. The van der Waals surface area contributed by atoms with Gasteiger partial charge in [0.2, 0.25) is 10.0 Å². The molecular formula is C24H25N3O9S2. The predicted octanol–water partition coefficient (Wildman–Crippen LogP) is 1.67. The third-order valence-electron chi connectivity index (χ3n) is 4.65. The van der Waals surface area contributed by atoms with Crippen molar-refractivity contribution in [3.8, 4) is 5.75 Å². The fourth-order valence-corrected chi connectivity index (χ4v) is 4.11. The van der Waals surface area contributed by atoms with Gasteiger partial charge in [-0.3, -0.25) is 14.8 Å². The molecule has 0 unspecified atom stereocenters. The number of carbonyl (C=O) groups excluding carboxylic acids is 1. The Morgan fingerprint density at radius 2 is 1.42 bits per heavy atom. The molecule has 0 amide bonds. The fraction of sp³-hybridized carbons (Fsp3) is 0.125. The van der Waals surface area contributed by atoms with Crippen LogP contribution in [0.4, 0.5) is 0 Å². The number of esters is 1. The summed E-state index contributed by atoms with van der Waals surface area (Å²) in [5.41, 5.74) is 6.62. The van der Waals surface area contributed by atoms with Crippen LogP contribution in [0, 0.1) is 5.41 Å². The van der Waals surface area contributed by atoms with Crippen LogP contribution in [0.1, 0.15) is 21.5 Å². The first kappa shape index (κ1) is 30.1. The molecule has 6 N–H and O–H groups in total. The van der Waals surface area contributed by atoms with E-state index in [0.717, 1.165) is 0 Å². The van der Waals surface area contributed by atoms with Crippen molar-refractivity contribution in [3.63, 3.8) is 0 Å². The molecule has 0 aromatic heterocycles. The Hall–Kier alpha value is -4.11. The Labute approximate surface area is 219 Å². The average molecular weight is 564 g/mol. The molecule has 0 heterocycles. The van der Waals surface area contributed by atoms with Crippen LogP contribution in [0.5, 0.6) is 5.75 Å². The second kappa shape index (κ2) is 12.9. The minimum absolute atomic E-state index is 0.0256. The van der Waals surface area contributed by atoms with Gasteiger partial charge in [0.15, 0.2) is 0 Å². The van der Waals surface area contributed by atoms with Crippen LogP contribution in [-0.2, 0) is 31.4 Å². The monoisotopic (exact) mass is 563 g/mol. The van der Waals surface area contributed by atoms with E-state index >= 15 is 0 Å². The van der Waals surface area contributed by atoms with Crippen molar-refractivity contribution in [2.75, 3.05) is 6.26 Å². The lowest BCUT2D eigenvalue weighted by molar-refractivity contribution is -0.138. The standard InChI is InChI=1S/C23H21N3O6S.CH4O3S/c24-21(25)16-6-10-18(11-7-16)32-23(29)17-8-12-19(13-9-17)33(30,31)26-20(22(27)28)14-15-4-2-1-3-5-15;1-5(2,3)4/h1-13,20,26H,14H2,(H3,24,25)(H,27,28);1H3,(H,2,3,4)/t20-;/m0./s1. The van der Waals surface area contributed by atoms with Crippen LogP contribution in [0.25, 0.3) is 0 Å². The van der Waals surface area contributed by atoms with E-state index in [2.05, 4.69) is 4.72 Å². The van der Waals surface area contributed by atoms with Gasteiger partial charge in [0.05, 0.1) is 16.7 Å². The lowest BCUT2D eigenvalue weighted by Crippen LogP contribution is -2.42. The van der Waals surface area contributed by atoms with Crippen molar-refractivity contribution >= 4 is 37.9 Å². The van der Waals surface area contributed by atoms with Crippen molar-refractivity contribution < 1.29 is 40.8 Å². The highest BCUT2D eigenvalue weighted by Crippen LogP contribution is 2.17. The first-order valence-electron chi connectivity index (χ1n) is 10.6. The van der Waals surface area contributed by atoms with Gasteiger partial charge >= 0.3 is 11.9 Å². The van der Waals surface area contributed by atoms with Gasteiger partial charge in [0, 0.05) is 5.56 Å². The first-order valence-corrected chi connectivity index (χ1v) is 14.0. The van der Waals surface area contributed by atoms with E-state index in [1.165, 1.54) is 48.5 Å². The number of carboxylic acid groups (broad SMARTS) is 1. The number of nitrogens with two attached hydrogens (primary N) is 1. The number of benzene rings is 3. The van der Waals surface area contributed by atoms with Crippen molar-refractivity contribution in [1.29, 1.82) is 5.41 Å². The van der Waals surface area contributed by atoms with Crippen LogP contribution in [-0.4, -0.2) is 56.6 Å². The minimum Gasteiger partial charge on any atom is -0.480 e. The summed E-state index contributed by atoms with van der Waals surface area (Å²) >= 11 is 0. The predicted molar refractivity (Wildman–Crippen MR) is 138 cm³/mol. The van der Waals surface area contributed by atoms with Crippen LogP contribution in [0.3, 0.4) is 0 Å². The van der Waals surface area contributed by atoms with E-state index in [-0.39, 0.29) is 28.5 Å². The van der Waals surface area contributed by atoms with Crippen molar-refractivity contribution in [2.24, 2.45) is 5.73 Å². The number of hydrogen-bond acceptors (Lipinski definition) is 8. The van der Waals surface area contributed by atoms with Crippen molar-refractivity contribution in [1.82, 2.24) is 4.72 Å². The molecule has 0 aliphatic carbocycles. The quantitative estimate of drug-likeness (QED) is 0.0834. The van der Waals surface area contributed by atoms with E-state index in [1.807, 2.05) is 0 Å². The molecule has 0 saturated heterocycles. The molecular weight excluding hydrogens is 538 g/mol. The minimum atomic E-state index is -4.15. The van der Waals surface area contributed by atoms with Crippen molar-refractivity contribution in [2.45, 2.75) is 17.4 Å². The van der Waals surface area contributed by atoms with Crippen LogP contribution in [0.2, 0.25) is 0 Å². The highest BCUT2D eigenvalue weighted by atomic mass is 32.2. The number of carboxylic acids is 1. The molecule has 0 saturated carbocycles. The van der Waals surface area contributed by atoms with Gasteiger partial charge in [-0.15, -0.1) is 0 Å². The van der Waals surface area contributed by atoms with E-state index in [1.54, 1.807) is 30.3 Å². The Balaban J connectivity index is 0.000000926. The summed E-state index contributed by atoms with van der Waals surface area (Å²) in [6, 6.07) is 18.2. The van der Waals surface area contributed by atoms with Gasteiger partial charge in [-0.05, 0) is 60.5 Å². The van der Waals surface area contributed by atoms with Crippen molar-refractivity contribution in [3.05, 3.63) is 95.6 Å². The number of nitrogens with one attached hydrogen (secondary N) is 2. The molecule has 0 aliphatic rings. The van der Waals surface area contributed by atoms with Gasteiger partial charge in [-0.25, -0.2) is 13.2 Å². The molecule has 0 bridgehead atoms. The Kier molecular flexibility index (Phi) is 10.2. The Morgan fingerprint density at radius 1 is 0.921 bits per heavy atom. The number of rotatable bonds is 9. The zero-order valence-corrected chi connectivity index (χ0v) is 21.6. The number of hydrogen-bond donors (Lipinski definition) is 5. The largest absolute Gasteiger partial charge is 0.480 e. The van der Waals surface area contributed by atoms with E-state index in [4.69, 9.17) is 20.4 Å². The third-order valence-corrected chi connectivity index (χ3v) is 6.14. The number of aliphatic carboxylic acids is 1. The fourth-order valence-electron chi connectivity index (χ4n) is 2.92. The molecule has 0 radical (unpaired) electrons. The summed E-state index contributed by atoms with van der Waals surface area (Å²) in [7, 11) is -7.82. The molecule has 3 aromatic carbocycles. The van der Waals surface area contributed by atoms with E-state index < -0.39 is 38.1 Å². The lowest BCUT2D eigenvalue weighted by Gasteiger charge is -2.15. The number of amidine groups is 1. The zero-order valence-electron chi connectivity index (χ0n) is 19.9. The molecule has 14 heteroatoms. The Bertz CT molecular complexity index is 1480. The number of nitrogen functional groups attached to an aromatic ring is 1. The lowest BCUT2D eigenvalue weighted by atomic mass is 10.1. The second-order valence-corrected chi connectivity index (χ2v) is 11.0. The highest BCUT2D eigenvalue weighted by molar-refractivity contribution is 7.89. The summed E-state index contributed by atoms with van der Waals surface area (Å²) in [5, 5.41) is 16.8. The van der Waals surface area contributed by atoms with Gasteiger partial charge in [-0.1, -0.05) is 30.3 Å². The van der Waals surface area contributed by atoms with Gasteiger partial charge in [0.1, 0.15) is 17.6 Å². The maximum absolute atomic E-state index is 12.7. The summed E-state index contributed by atoms with van der Waals surface area (Å²) < 4.78 is 58.6. The summed E-state index contributed by atoms with van der Waals surface area (Å²) in [6.07, 6.45) is 0.690. The van der Waals surface area contributed by atoms with E-state index in [9.17, 15) is 31.5 Å². The van der Waals surface area contributed by atoms with Crippen LogP contribution < -0.4 is 15.2 Å². The van der Waals surface area contributed by atoms with Gasteiger partial charge in [-0.2, -0.15) is 13.1 Å². The zero-order chi connectivity index (χ0) is 28.5. The topological polar surface area (TPSA) is 214 Å². The molecule has 0 spiro atoms. The summed E-state index contributed by atoms with van der Waals surface area (Å²) in [4.78, 5) is 23.7. The smallest absolute Gasteiger partial charge is 0.343 e. The van der Waals surface area contributed by atoms with Crippen LogP contribution >= 0.6 is 0 Å². The average Bonchev–Trinajstić information content (AvgIpc) is 2.83. The molecule has 0 fully saturated rings. The number of ether oxygens (including phenoxy) is 1. The molecule has 0 aliphatic heterocycles. The number of sulfonamides is 1. The maximum Gasteiger partial charge on any atom is 0.343 e.